The third-order valence-electron chi connectivity index (χ3n) is 5.34. The second kappa shape index (κ2) is 7.10. The van der Waals surface area contributed by atoms with Gasteiger partial charge < -0.3 is 10.2 Å². The topological polar surface area (TPSA) is 78.8 Å². The van der Waals surface area contributed by atoms with E-state index in [0.29, 0.717) is 19.6 Å². The van der Waals surface area contributed by atoms with Crippen LogP contribution < -0.4 is 5.32 Å². The minimum Gasteiger partial charge on any atom is -0.334 e. The Bertz CT molecular complexity index is 1020. The summed E-state index contributed by atoms with van der Waals surface area (Å²) in [6.07, 6.45) is 0.758. The fourth-order valence-corrected chi connectivity index (χ4v) is 3.64. The van der Waals surface area contributed by atoms with Crippen LogP contribution in [0.2, 0.25) is 0 Å². The first-order chi connectivity index (χ1) is 13.4. The molecule has 0 spiro atoms. The normalized spacial score (nSPS) is 13.5. The summed E-state index contributed by atoms with van der Waals surface area (Å²) in [5.41, 5.74) is 6.70. The van der Waals surface area contributed by atoms with Crippen molar-refractivity contribution in [3.8, 4) is 5.69 Å². The lowest BCUT2D eigenvalue weighted by Crippen LogP contribution is -2.42. The maximum atomic E-state index is 13.2. The molecule has 7 nitrogen and oxygen atoms in total. The molecular weight excluding hydrogens is 359 g/mol. The number of halogens is 1. The van der Waals surface area contributed by atoms with Gasteiger partial charge in [-0.3, -0.25) is 5.10 Å². The van der Waals surface area contributed by atoms with E-state index in [0.717, 1.165) is 46.0 Å². The van der Waals surface area contributed by atoms with Crippen LogP contribution in [0.15, 0.2) is 24.3 Å². The highest BCUT2D eigenvalue weighted by molar-refractivity contribution is 5.74. The van der Waals surface area contributed by atoms with Crippen LogP contribution >= 0.6 is 0 Å². The average molecular weight is 382 g/mol. The number of aromatic amines is 1. The van der Waals surface area contributed by atoms with E-state index in [-0.39, 0.29) is 11.8 Å². The molecule has 3 heterocycles. The molecule has 0 atom stereocenters. The quantitative estimate of drug-likeness (QED) is 0.731. The number of amides is 2. The Morgan fingerprint density at radius 3 is 2.75 bits per heavy atom. The molecule has 0 radical (unpaired) electrons. The zero-order valence-electron chi connectivity index (χ0n) is 16.2. The number of rotatable bonds is 3. The number of hydrogen-bond acceptors (Lipinski definition) is 3. The van der Waals surface area contributed by atoms with Crippen molar-refractivity contribution in [2.45, 2.75) is 40.3 Å². The highest BCUT2D eigenvalue weighted by atomic mass is 19.1. The third kappa shape index (κ3) is 3.26. The number of aryl methyl sites for hydroxylation is 2. The number of aromatic nitrogens is 4. The molecule has 0 aliphatic carbocycles. The van der Waals surface area contributed by atoms with Gasteiger partial charge in [0.05, 0.1) is 23.6 Å². The van der Waals surface area contributed by atoms with Crippen molar-refractivity contribution in [1.82, 2.24) is 30.2 Å². The summed E-state index contributed by atoms with van der Waals surface area (Å²) < 4.78 is 15.0. The number of H-pyrrole nitrogens is 1. The van der Waals surface area contributed by atoms with Gasteiger partial charge in [-0.25, -0.2) is 13.9 Å². The average Bonchev–Trinajstić information content (AvgIpc) is 3.20. The van der Waals surface area contributed by atoms with Gasteiger partial charge in [-0.2, -0.15) is 10.2 Å². The van der Waals surface area contributed by atoms with E-state index in [9.17, 15) is 9.18 Å². The van der Waals surface area contributed by atoms with Crippen LogP contribution in [0.1, 0.15) is 33.9 Å². The monoisotopic (exact) mass is 382 g/mol. The van der Waals surface area contributed by atoms with Crippen LogP contribution in [0.4, 0.5) is 9.18 Å². The number of nitrogens with one attached hydrogen (secondary N) is 2. The molecule has 28 heavy (non-hydrogen) atoms. The summed E-state index contributed by atoms with van der Waals surface area (Å²) in [4.78, 5) is 14.5. The third-order valence-corrected chi connectivity index (χ3v) is 5.34. The van der Waals surface area contributed by atoms with Crippen molar-refractivity contribution >= 4 is 6.03 Å². The van der Waals surface area contributed by atoms with Crippen molar-refractivity contribution in [2.75, 3.05) is 6.54 Å². The maximum absolute atomic E-state index is 13.2. The molecule has 1 aliphatic rings. The highest BCUT2D eigenvalue weighted by Gasteiger charge is 2.24. The summed E-state index contributed by atoms with van der Waals surface area (Å²) in [7, 11) is 0. The molecule has 2 aromatic heterocycles. The fourth-order valence-electron chi connectivity index (χ4n) is 3.64. The predicted octanol–water partition coefficient (Wildman–Crippen LogP) is 2.93. The van der Waals surface area contributed by atoms with Gasteiger partial charge >= 0.3 is 6.03 Å². The van der Waals surface area contributed by atoms with Gasteiger partial charge in [-0.1, -0.05) is 0 Å². The number of hydrogen-bond donors (Lipinski definition) is 2. The van der Waals surface area contributed by atoms with Gasteiger partial charge in [0, 0.05) is 42.0 Å². The molecule has 0 saturated heterocycles. The Labute approximate surface area is 162 Å². The first-order valence-corrected chi connectivity index (χ1v) is 9.30. The number of carbonyl (C=O) groups is 1. The van der Waals surface area contributed by atoms with Crippen molar-refractivity contribution in [2.24, 2.45) is 0 Å². The molecule has 146 valence electrons. The summed E-state index contributed by atoms with van der Waals surface area (Å²) in [6, 6.07) is 6.11. The predicted molar refractivity (Wildman–Crippen MR) is 103 cm³/mol. The van der Waals surface area contributed by atoms with Gasteiger partial charge in [0.25, 0.3) is 0 Å². The van der Waals surface area contributed by atoms with E-state index < -0.39 is 0 Å². The summed E-state index contributed by atoms with van der Waals surface area (Å²) in [5.74, 6) is -0.282. The van der Waals surface area contributed by atoms with Crippen LogP contribution in [-0.2, 0) is 19.5 Å². The Hall–Kier alpha value is -3.16. The Morgan fingerprint density at radius 2 is 2.00 bits per heavy atom. The molecule has 8 heteroatoms. The molecule has 2 N–H and O–H groups in total. The number of fused-ring (bicyclic) bond motifs is 1. The van der Waals surface area contributed by atoms with Crippen LogP contribution in [0, 0.1) is 26.6 Å². The number of nitrogens with zero attached hydrogens (tertiary/aromatic N) is 4. The molecule has 0 fully saturated rings. The summed E-state index contributed by atoms with van der Waals surface area (Å²) in [5, 5.41) is 14.8. The SMILES string of the molecule is Cc1nn(-c2ccc(F)cc2)c(C)c1CNC(=O)N1CCc2n[nH]c(C)c2C1. The van der Waals surface area contributed by atoms with E-state index in [1.807, 2.05) is 20.8 Å². The second-order valence-corrected chi connectivity index (χ2v) is 7.14. The van der Waals surface area contributed by atoms with Crippen LogP contribution in [0.25, 0.3) is 5.69 Å². The molecule has 0 bridgehead atoms. The van der Waals surface area contributed by atoms with Crippen molar-refractivity contribution < 1.29 is 9.18 Å². The maximum Gasteiger partial charge on any atom is 0.317 e. The lowest BCUT2D eigenvalue weighted by Gasteiger charge is -2.27. The standard InChI is InChI=1S/C20H23FN6O/c1-12-18-11-26(9-8-19(18)24-23-12)20(28)22-10-17-13(2)25-27(14(17)3)16-6-4-15(21)5-7-16/h4-7H,8-11H2,1-3H3,(H,22,28)(H,23,24). The Kier molecular flexibility index (Phi) is 4.62. The van der Waals surface area contributed by atoms with Crippen LogP contribution in [0.3, 0.4) is 0 Å². The molecule has 0 unspecified atom stereocenters. The van der Waals surface area contributed by atoms with Crippen LogP contribution in [-0.4, -0.2) is 37.5 Å². The van der Waals surface area contributed by atoms with Crippen molar-refractivity contribution in [3.05, 3.63) is 64.0 Å². The zero-order valence-corrected chi connectivity index (χ0v) is 16.2. The first kappa shape index (κ1) is 18.2. The zero-order chi connectivity index (χ0) is 19.8. The van der Waals surface area contributed by atoms with E-state index in [2.05, 4.69) is 20.6 Å². The van der Waals surface area contributed by atoms with Gasteiger partial charge in [0.1, 0.15) is 5.82 Å². The fraction of sp³-hybridized carbons (Fsp3) is 0.350. The lowest BCUT2D eigenvalue weighted by atomic mass is 10.1. The number of benzene rings is 1. The lowest BCUT2D eigenvalue weighted by molar-refractivity contribution is 0.191. The smallest absolute Gasteiger partial charge is 0.317 e. The van der Waals surface area contributed by atoms with Gasteiger partial charge in [0.2, 0.25) is 0 Å². The Balaban J connectivity index is 1.46. The number of urea groups is 1. The van der Waals surface area contributed by atoms with Gasteiger partial charge in [-0.05, 0) is 45.0 Å². The van der Waals surface area contributed by atoms with Gasteiger partial charge in [-0.15, -0.1) is 0 Å². The second-order valence-electron chi connectivity index (χ2n) is 7.14. The van der Waals surface area contributed by atoms with E-state index >= 15 is 0 Å². The molecule has 2 amide bonds. The molecule has 0 saturated carbocycles. The minimum atomic E-state index is -0.282. The van der Waals surface area contributed by atoms with E-state index in [1.165, 1.54) is 12.1 Å². The molecule has 1 aromatic carbocycles. The number of carbonyl (C=O) groups excluding carboxylic acids is 1. The van der Waals surface area contributed by atoms with E-state index in [1.54, 1.807) is 21.7 Å². The van der Waals surface area contributed by atoms with E-state index in [4.69, 9.17) is 0 Å². The minimum absolute atomic E-state index is 0.0976. The van der Waals surface area contributed by atoms with Crippen LogP contribution in [0.5, 0.6) is 0 Å². The molecule has 4 rings (SSSR count). The summed E-state index contributed by atoms with van der Waals surface area (Å²) in [6.45, 7) is 7.45. The van der Waals surface area contributed by atoms with Crippen molar-refractivity contribution in [3.63, 3.8) is 0 Å². The summed E-state index contributed by atoms with van der Waals surface area (Å²) >= 11 is 0. The molecular formula is C20H23FN6O. The first-order valence-electron chi connectivity index (χ1n) is 9.30. The van der Waals surface area contributed by atoms with Gasteiger partial charge in [0.15, 0.2) is 0 Å². The molecule has 3 aromatic rings. The Morgan fingerprint density at radius 1 is 1.25 bits per heavy atom. The van der Waals surface area contributed by atoms with Crippen molar-refractivity contribution in [1.29, 1.82) is 0 Å². The highest BCUT2D eigenvalue weighted by Crippen LogP contribution is 2.21. The largest absolute Gasteiger partial charge is 0.334 e. The molecule has 1 aliphatic heterocycles.